The van der Waals surface area contributed by atoms with Crippen molar-refractivity contribution >= 4 is 50.0 Å². The number of benzene rings is 2. The number of hydrogen-bond donors (Lipinski definition) is 1. The lowest BCUT2D eigenvalue weighted by Gasteiger charge is -2.35. The maximum atomic E-state index is 12.7. The SMILES string of the molecule is CCc1ccc(NC(=O)N2CCN(c3nc4cc(Br)ccc4n4cccc34)CC2)cc1. The Balaban J connectivity index is 1.32. The van der Waals surface area contributed by atoms with E-state index >= 15 is 0 Å². The second-order valence-electron chi connectivity index (χ2n) is 7.79. The Labute approximate surface area is 189 Å². The van der Waals surface area contributed by atoms with Crippen molar-refractivity contribution in [3.8, 4) is 0 Å². The highest BCUT2D eigenvalue weighted by atomic mass is 79.9. The Hall–Kier alpha value is -3.06. The molecule has 0 bridgehead atoms. The molecule has 2 aromatic heterocycles. The number of carbonyl (C=O) groups is 1. The van der Waals surface area contributed by atoms with Crippen LogP contribution in [0.5, 0.6) is 0 Å². The van der Waals surface area contributed by atoms with E-state index in [-0.39, 0.29) is 6.03 Å². The maximum Gasteiger partial charge on any atom is 0.321 e. The number of fused-ring (bicyclic) bond motifs is 3. The fourth-order valence-electron chi connectivity index (χ4n) is 4.11. The molecule has 3 heterocycles. The van der Waals surface area contributed by atoms with Crippen LogP contribution in [0.2, 0.25) is 0 Å². The normalized spacial score (nSPS) is 14.4. The molecule has 1 N–H and O–H groups in total. The van der Waals surface area contributed by atoms with Gasteiger partial charge in [-0.1, -0.05) is 35.0 Å². The predicted molar refractivity (Wildman–Crippen MR) is 129 cm³/mol. The van der Waals surface area contributed by atoms with Crippen LogP contribution in [0.1, 0.15) is 12.5 Å². The molecule has 6 nitrogen and oxygen atoms in total. The first kappa shape index (κ1) is 19.9. The van der Waals surface area contributed by atoms with Gasteiger partial charge in [-0.15, -0.1) is 0 Å². The Morgan fingerprint density at radius 2 is 1.81 bits per heavy atom. The van der Waals surface area contributed by atoms with Gasteiger partial charge < -0.3 is 19.5 Å². The number of amides is 2. The second-order valence-corrected chi connectivity index (χ2v) is 8.70. The van der Waals surface area contributed by atoms with Gasteiger partial charge in [0.1, 0.15) is 0 Å². The standard InChI is InChI=1S/C24H24BrN5O/c1-2-17-5-8-19(9-6-17)26-24(31)29-14-12-28(13-15-29)23-22-4-3-11-30(22)21-10-7-18(25)16-20(21)27-23/h3-11,16H,2,12-15H2,1H3,(H,26,31). The van der Waals surface area contributed by atoms with E-state index in [0.29, 0.717) is 13.1 Å². The van der Waals surface area contributed by atoms with Crippen LogP contribution >= 0.6 is 15.9 Å². The van der Waals surface area contributed by atoms with Gasteiger partial charge in [0.15, 0.2) is 5.82 Å². The molecular weight excluding hydrogens is 454 g/mol. The number of halogens is 1. The van der Waals surface area contributed by atoms with Gasteiger partial charge >= 0.3 is 6.03 Å². The van der Waals surface area contributed by atoms with Gasteiger partial charge in [-0.05, 0) is 54.4 Å². The van der Waals surface area contributed by atoms with E-state index in [9.17, 15) is 4.79 Å². The molecule has 1 aliphatic rings. The molecule has 1 aliphatic heterocycles. The van der Waals surface area contributed by atoms with Crippen LogP contribution in [0.3, 0.4) is 0 Å². The molecule has 0 atom stereocenters. The number of piperazine rings is 1. The van der Waals surface area contributed by atoms with Crippen molar-refractivity contribution < 1.29 is 4.79 Å². The summed E-state index contributed by atoms with van der Waals surface area (Å²) in [5.74, 6) is 0.964. The summed E-state index contributed by atoms with van der Waals surface area (Å²) in [4.78, 5) is 21.8. The molecule has 1 fully saturated rings. The summed E-state index contributed by atoms with van der Waals surface area (Å²) in [7, 11) is 0. The lowest BCUT2D eigenvalue weighted by atomic mass is 10.1. The molecule has 2 amide bonds. The van der Waals surface area contributed by atoms with Crippen molar-refractivity contribution in [3.63, 3.8) is 0 Å². The van der Waals surface area contributed by atoms with Gasteiger partial charge in [-0.3, -0.25) is 0 Å². The highest BCUT2D eigenvalue weighted by Gasteiger charge is 2.24. The summed E-state index contributed by atoms with van der Waals surface area (Å²) in [6, 6.07) is 18.3. The van der Waals surface area contributed by atoms with Gasteiger partial charge in [0, 0.05) is 42.5 Å². The van der Waals surface area contributed by atoms with Gasteiger partial charge in [-0.25, -0.2) is 9.78 Å². The zero-order valence-electron chi connectivity index (χ0n) is 17.4. The number of urea groups is 1. The maximum absolute atomic E-state index is 12.7. The molecule has 2 aromatic carbocycles. The van der Waals surface area contributed by atoms with Crippen molar-refractivity contribution in [1.29, 1.82) is 0 Å². The van der Waals surface area contributed by atoms with Crippen LogP contribution in [-0.4, -0.2) is 46.5 Å². The van der Waals surface area contributed by atoms with Gasteiger partial charge in [0.2, 0.25) is 0 Å². The van der Waals surface area contributed by atoms with E-state index in [1.165, 1.54) is 5.56 Å². The summed E-state index contributed by atoms with van der Waals surface area (Å²) in [6.07, 6.45) is 3.06. The first-order chi connectivity index (χ1) is 15.1. The molecule has 5 rings (SSSR count). The smallest absolute Gasteiger partial charge is 0.321 e. The number of anilines is 2. The van der Waals surface area contributed by atoms with E-state index in [1.807, 2.05) is 29.2 Å². The van der Waals surface area contributed by atoms with Gasteiger partial charge in [-0.2, -0.15) is 0 Å². The summed E-state index contributed by atoms with van der Waals surface area (Å²) in [5.41, 5.74) is 5.21. The predicted octanol–water partition coefficient (Wildman–Crippen LogP) is 5.17. The Morgan fingerprint density at radius 3 is 2.55 bits per heavy atom. The molecular formula is C24H24BrN5O. The number of hydrogen-bond acceptors (Lipinski definition) is 3. The fraction of sp³-hybridized carbons (Fsp3) is 0.250. The van der Waals surface area contributed by atoms with E-state index in [0.717, 1.165) is 52.0 Å². The third kappa shape index (κ3) is 3.85. The molecule has 1 saturated heterocycles. The number of rotatable bonds is 3. The third-order valence-electron chi connectivity index (χ3n) is 5.88. The largest absolute Gasteiger partial charge is 0.351 e. The molecule has 31 heavy (non-hydrogen) atoms. The summed E-state index contributed by atoms with van der Waals surface area (Å²) < 4.78 is 3.20. The van der Waals surface area contributed by atoms with Crippen LogP contribution in [0.25, 0.3) is 16.6 Å². The second kappa shape index (κ2) is 8.23. The van der Waals surface area contributed by atoms with Crippen molar-refractivity contribution in [3.05, 3.63) is 70.8 Å². The third-order valence-corrected chi connectivity index (χ3v) is 6.37. The monoisotopic (exact) mass is 477 g/mol. The van der Waals surface area contributed by atoms with E-state index < -0.39 is 0 Å². The Bertz CT molecular complexity index is 1240. The minimum absolute atomic E-state index is 0.0490. The molecule has 7 heteroatoms. The van der Waals surface area contributed by atoms with Crippen LogP contribution < -0.4 is 10.2 Å². The van der Waals surface area contributed by atoms with Crippen LogP contribution in [0.15, 0.2) is 65.3 Å². The molecule has 4 aromatic rings. The Morgan fingerprint density at radius 1 is 1.03 bits per heavy atom. The van der Waals surface area contributed by atoms with Crippen LogP contribution in [-0.2, 0) is 6.42 Å². The first-order valence-corrected chi connectivity index (χ1v) is 11.4. The van der Waals surface area contributed by atoms with Crippen molar-refractivity contribution in [1.82, 2.24) is 14.3 Å². The Kier molecular flexibility index (Phi) is 5.28. The highest BCUT2D eigenvalue weighted by Crippen LogP contribution is 2.28. The summed E-state index contributed by atoms with van der Waals surface area (Å²) in [5, 5.41) is 3.02. The van der Waals surface area contributed by atoms with E-state index in [1.54, 1.807) is 0 Å². The van der Waals surface area contributed by atoms with Crippen LogP contribution in [0, 0.1) is 0 Å². The van der Waals surface area contributed by atoms with Crippen molar-refractivity contribution in [2.75, 3.05) is 36.4 Å². The first-order valence-electron chi connectivity index (χ1n) is 10.6. The summed E-state index contributed by atoms with van der Waals surface area (Å²) >= 11 is 3.55. The zero-order chi connectivity index (χ0) is 21.4. The number of aromatic nitrogens is 2. The average molecular weight is 478 g/mol. The number of aryl methyl sites for hydroxylation is 1. The number of nitrogens with zero attached hydrogens (tertiary/aromatic N) is 4. The van der Waals surface area contributed by atoms with Crippen molar-refractivity contribution in [2.24, 2.45) is 0 Å². The molecule has 0 aliphatic carbocycles. The van der Waals surface area contributed by atoms with Crippen LogP contribution in [0.4, 0.5) is 16.3 Å². The van der Waals surface area contributed by atoms with Gasteiger partial charge in [0.25, 0.3) is 0 Å². The minimum Gasteiger partial charge on any atom is -0.351 e. The van der Waals surface area contributed by atoms with Crippen molar-refractivity contribution in [2.45, 2.75) is 13.3 Å². The lowest BCUT2D eigenvalue weighted by molar-refractivity contribution is 0.208. The zero-order valence-corrected chi connectivity index (χ0v) is 19.0. The highest BCUT2D eigenvalue weighted by molar-refractivity contribution is 9.10. The minimum atomic E-state index is -0.0490. The molecule has 0 spiro atoms. The molecule has 0 unspecified atom stereocenters. The number of carbonyl (C=O) groups excluding carboxylic acids is 1. The topological polar surface area (TPSA) is 52.9 Å². The lowest BCUT2D eigenvalue weighted by Crippen LogP contribution is -2.50. The fourth-order valence-corrected chi connectivity index (χ4v) is 4.46. The summed E-state index contributed by atoms with van der Waals surface area (Å²) in [6.45, 7) is 4.93. The van der Waals surface area contributed by atoms with E-state index in [4.69, 9.17) is 4.98 Å². The van der Waals surface area contributed by atoms with E-state index in [2.05, 4.69) is 74.0 Å². The molecule has 0 saturated carbocycles. The van der Waals surface area contributed by atoms with Gasteiger partial charge in [0.05, 0.1) is 16.6 Å². The molecule has 158 valence electrons. The average Bonchev–Trinajstić information content (AvgIpc) is 3.29. The molecule has 0 radical (unpaired) electrons. The number of nitrogens with one attached hydrogen (secondary N) is 1. The quantitative estimate of drug-likeness (QED) is 0.442.